The number of methoxy groups -OCH3 is 1. The van der Waals surface area contributed by atoms with Gasteiger partial charge in [0.15, 0.2) is 0 Å². The van der Waals surface area contributed by atoms with Gasteiger partial charge in [0, 0.05) is 31.4 Å². The number of rotatable bonds is 5. The molecule has 1 aliphatic heterocycles. The highest BCUT2D eigenvalue weighted by Gasteiger charge is 2.39. The molecule has 2 N–H and O–H groups in total. The second-order valence-corrected chi connectivity index (χ2v) is 7.92. The maximum absolute atomic E-state index is 12.9. The van der Waals surface area contributed by atoms with Crippen LogP contribution in [0.1, 0.15) is 30.9 Å². The van der Waals surface area contributed by atoms with Gasteiger partial charge in [-0.2, -0.15) is 0 Å². The Kier molecular flexibility index (Phi) is 6.42. The van der Waals surface area contributed by atoms with Crippen LogP contribution in [0.15, 0.2) is 48.5 Å². The van der Waals surface area contributed by atoms with Crippen LogP contribution in [0.25, 0.3) is 0 Å². The lowest BCUT2D eigenvalue weighted by Gasteiger charge is -2.39. The summed E-state index contributed by atoms with van der Waals surface area (Å²) >= 11 is 0. The van der Waals surface area contributed by atoms with Crippen molar-refractivity contribution >= 4 is 17.6 Å². The largest absolute Gasteiger partial charge is 0.497 e. The molecule has 1 aliphatic rings. The summed E-state index contributed by atoms with van der Waals surface area (Å²) in [5, 5.41) is 5.94. The molecule has 1 heterocycles. The number of benzene rings is 2. The lowest BCUT2D eigenvalue weighted by atomic mass is 9.81. The summed E-state index contributed by atoms with van der Waals surface area (Å²) in [5.74, 6) is 0.665. The third kappa shape index (κ3) is 5.28. The summed E-state index contributed by atoms with van der Waals surface area (Å²) in [7, 11) is 1.59. The van der Waals surface area contributed by atoms with E-state index in [0.717, 1.165) is 18.4 Å². The SMILES string of the molecule is COc1cccc(NC(=O)N2CCCC(C)(C(=O)NCc3ccc(C)cc3)C2)c1. The Bertz CT molecular complexity index is 866. The summed E-state index contributed by atoms with van der Waals surface area (Å²) in [4.78, 5) is 27.3. The molecule has 6 nitrogen and oxygen atoms in total. The molecule has 154 valence electrons. The van der Waals surface area contributed by atoms with Crippen LogP contribution in [0.5, 0.6) is 5.75 Å². The molecule has 0 spiro atoms. The van der Waals surface area contributed by atoms with Gasteiger partial charge in [-0.15, -0.1) is 0 Å². The minimum Gasteiger partial charge on any atom is -0.497 e. The van der Waals surface area contributed by atoms with Crippen molar-refractivity contribution in [2.24, 2.45) is 5.41 Å². The lowest BCUT2D eigenvalue weighted by molar-refractivity contribution is -0.132. The molecule has 1 saturated heterocycles. The fourth-order valence-electron chi connectivity index (χ4n) is 3.60. The zero-order chi connectivity index (χ0) is 20.9. The number of nitrogens with one attached hydrogen (secondary N) is 2. The molecule has 3 rings (SSSR count). The van der Waals surface area contributed by atoms with Crippen LogP contribution in [0.3, 0.4) is 0 Å². The molecule has 1 atom stereocenters. The summed E-state index contributed by atoms with van der Waals surface area (Å²) in [5.41, 5.74) is 2.33. The zero-order valence-corrected chi connectivity index (χ0v) is 17.3. The minimum absolute atomic E-state index is 0.0167. The van der Waals surface area contributed by atoms with Gasteiger partial charge < -0.3 is 20.3 Å². The molecule has 6 heteroatoms. The van der Waals surface area contributed by atoms with E-state index in [9.17, 15) is 9.59 Å². The summed E-state index contributed by atoms with van der Waals surface area (Å²) in [6.45, 7) is 5.49. The quantitative estimate of drug-likeness (QED) is 0.805. The third-order valence-electron chi connectivity index (χ3n) is 5.43. The highest BCUT2D eigenvalue weighted by Crippen LogP contribution is 2.30. The molecule has 2 aromatic rings. The van der Waals surface area contributed by atoms with Crippen molar-refractivity contribution in [2.45, 2.75) is 33.2 Å². The number of ether oxygens (including phenoxy) is 1. The second-order valence-electron chi connectivity index (χ2n) is 7.92. The van der Waals surface area contributed by atoms with Gasteiger partial charge in [-0.1, -0.05) is 35.9 Å². The van der Waals surface area contributed by atoms with Crippen LogP contribution in [0.4, 0.5) is 10.5 Å². The first-order chi connectivity index (χ1) is 13.9. The van der Waals surface area contributed by atoms with E-state index in [-0.39, 0.29) is 11.9 Å². The van der Waals surface area contributed by atoms with Crippen molar-refractivity contribution < 1.29 is 14.3 Å². The molecule has 0 aromatic heterocycles. The average molecular weight is 396 g/mol. The summed E-state index contributed by atoms with van der Waals surface area (Å²) in [6, 6.07) is 15.2. The van der Waals surface area contributed by atoms with E-state index in [1.807, 2.05) is 56.3 Å². The molecule has 0 aliphatic carbocycles. The van der Waals surface area contributed by atoms with E-state index in [0.29, 0.717) is 31.1 Å². The van der Waals surface area contributed by atoms with Crippen molar-refractivity contribution in [1.29, 1.82) is 0 Å². The Morgan fingerprint density at radius 3 is 2.66 bits per heavy atom. The lowest BCUT2D eigenvalue weighted by Crippen LogP contribution is -2.52. The molecule has 0 radical (unpaired) electrons. The van der Waals surface area contributed by atoms with Gasteiger partial charge in [0.2, 0.25) is 5.91 Å². The molecule has 2 aromatic carbocycles. The third-order valence-corrected chi connectivity index (χ3v) is 5.43. The monoisotopic (exact) mass is 395 g/mol. The van der Waals surface area contributed by atoms with E-state index in [2.05, 4.69) is 10.6 Å². The first-order valence-corrected chi connectivity index (χ1v) is 9.93. The number of piperidine rings is 1. The number of hydrogen-bond acceptors (Lipinski definition) is 3. The van der Waals surface area contributed by atoms with E-state index >= 15 is 0 Å². The molecular formula is C23H29N3O3. The van der Waals surface area contributed by atoms with E-state index < -0.39 is 5.41 Å². The highest BCUT2D eigenvalue weighted by atomic mass is 16.5. The van der Waals surface area contributed by atoms with Gasteiger partial charge >= 0.3 is 6.03 Å². The summed E-state index contributed by atoms with van der Waals surface area (Å²) < 4.78 is 5.20. The number of likely N-dealkylation sites (tertiary alicyclic amines) is 1. The molecule has 1 fully saturated rings. The molecule has 3 amide bonds. The smallest absolute Gasteiger partial charge is 0.321 e. The molecule has 0 bridgehead atoms. The molecule has 1 unspecified atom stereocenters. The highest BCUT2D eigenvalue weighted by molar-refractivity contribution is 5.90. The number of urea groups is 1. The number of nitrogens with zero attached hydrogens (tertiary/aromatic N) is 1. The van der Waals surface area contributed by atoms with Gasteiger partial charge in [0.25, 0.3) is 0 Å². The number of anilines is 1. The number of aryl methyl sites for hydroxylation is 1. The fourth-order valence-corrected chi connectivity index (χ4v) is 3.60. The molecule has 29 heavy (non-hydrogen) atoms. The van der Waals surface area contributed by atoms with Gasteiger partial charge in [0.05, 0.1) is 12.5 Å². The Morgan fingerprint density at radius 1 is 1.17 bits per heavy atom. The first-order valence-electron chi connectivity index (χ1n) is 9.93. The van der Waals surface area contributed by atoms with Crippen LogP contribution in [-0.4, -0.2) is 37.0 Å². The number of carbonyl (C=O) groups excluding carboxylic acids is 2. The number of amides is 3. The van der Waals surface area contributed by atoms with Crippen molar-refractivity contribution in [3.05, 3.63) is 59.7 Å². The summed E-state index contributed by atoms with van der Waals surface area (Å²) in [6.07, 6.45) is 1.55. The number of carbonyl (C=O) groups is 2. The maximum atomic E-state index is 12.9. The fraction of sp³-hybridized carbons (Fsp3) is 0.391. The van der Waals surface area contributed by atoms with Crippen LogP contribution >= 0.6 is 0 Å². The van der Waals surface area contributed by atoms with Crippen LogP contribution < -0.4 is 15.4 Å². The van der Waals surface area contributed by atoms with Crippen molar-refractivity contribution in [3.63, 3.8) is 0 Å². The van der Waals surface area contributed by atoms with Crippen molar-refractivity contribution in [1.82, 2.24) is 10.2 Å². The second kappa shape index (κ2) is 8.99. The van der Waals surface area contributed by atoms with E-state index in [1.165, 1.54) is 5.56 Å². The molecular weight excluding hydrogens is 366 g/mol. The maximum Gasteiger partial charge on any atom is 0.321 e. The standard InChI is InChI=1S/C23H29N3O3/c1-17-8-10-18(11-9-17)15-24-21(27)23(2)12-5-13-26(16-23)22(28)25-19-6-4-7-20(14-19)29-3/h4,6-11,14H,5,12-13,15-16H2,1-3H3,(H,24,27)(H,25,28). The van der Waals surface area contributed by atoms with Crippen molar-refractivity contribution in [3.8, 4) is 5.75 Å². The Labute approximate surface area is 172 Å². The van der Waals surface area contributed by atoms with Crippen LogP contribution in [0.2, 0.25) is 0 Å². The normalized spacial score (nSPS) is 18.8. The zero-order valence-electron chi connectivity index (χ0n) is 17.3. The van der Waals surface area contributed by atoms with E-state index in [4.69, 9.17) is 4.74 Å². The predicted octanol–water partition coefficient (Wildman–Crippen LogP) is 3.95. The van der Waals surface area contributed by atoms with Gasteiger partial charge in [-0.25, -0.2) is 4.79 Å². The topological polar surface area (TPSA) is 70.7 Å². The van der Waals surface area contributed by atoms with Crippen LogP contribution in [0, 0.1) is 12.3 Å². The average Bonchev–Trinajstić information content (AvgIpc) is 2.73. The van der Waals surface area contributed by atoms with E-state index in [1.54, 1.807) is 18.1 Å². The minimum atomic E-state index is -0.603. The molecule has 0 saturated carbocycles. The Balaban J connectivity index is 1.59. The predicted molar refractivity (Wildman–Crippen MR) is 114 cm³/mol. The Hall–Kier alpha value is -3.02. The number of hydrogen-bond donors (Lipinski definition) is 2. The Morgan fingerprint density at radius 2 is 1.93 bits per heavy atom. The van der Waals surface area contributed by atoms with Crippen molar-refractivity contribution in [2.75, 3.05) is 25.5 Å². The van der Waals surface area contributed by atoms with Crippen LogP contribution in [-0.2, 0) is 11.3 Å². The van der Waals surface area contributed by atoms with Gasteiger partial charge in [-0.3, -0.25) is 4.79 Å². The van der Waals surface area contributed by atoms with Gasteiger partial charge in [0.1, 0.15) is 5.75 Å². The first kappa shape index (κ1) is 20.7. The van der Waals surface area contributed by atoms with Gasteiger partial charge in [-0.05, 0) is 44.4 Å².